The third kappa shape index (κ3) is 2.62. The number of nitrogens with two attached hydrogens (primary N) is 1. The molecule has 0 aliphatic heterocycles. The van der Waals surface area contributed by atoms with Gasteiger partial charge in [-0.25, -0.2) is 9.18 Å². The average Bonchev–Trinajstić information content (AvgIpc) is 2.29. The predicted octanol–water partition coefficient (Wildman–Crippen LogP) is 1.98. The van der Waals surface area contributed by atoms with E-state index in [0.717, 1.165) is 12.5 Å². The van der Waals surface area contributed by atoms with Crippen LogP contribution in [0, 0.1) is 5.82 Å². The summed E-state index contributed by atoms with van der Waals surface area (Å²) in [4.78, 5) is 11.4. The van der Waals surface area contributed by atoms with Gasteiger partial charge in [0.2, 0.25) is 0 Å². The minimum absolute atomic E-state index is 0.0441. The molecule has 0 fully saturated rings. The quantitative estimate of drug-likeness (QED) is 0.631. The van der Waals surface area contributed by atoms with Gasteiger partial charge in [0.25, 0.3) is 0 Å². The molecule has 4 nitrogen and oxygen atoms in total. The van der Waals surface area contributed by atoms with Crippen LogP contribution in [0.25, 0.3) is 0 Å². The van der Waals surface area contributed by atoms with Crippen molar-refractivity contribution in [2.24, 2.45) is 0 Å². The van der Waals surface area contributed by atoms with Crippen molar-refractivity contribution in [1.29, 1.82) is 0 Å². The molecule has 16 heavy (non-hydrogen) atoms. The lowest BCUT2D eigenvalue weighted by molar-refractivity contribution is 0.0595. The highest BCUT2D eigenvalue weighted by Gasteiger charge is 2.16. The van der Waals surface area contributed by atoms with Gasteiger partial charge in [0, 0.05) is 6.07 Å². The van der Waals surface area contributed by atoms with Gasteiger partial charge in [0.15, 0.2) is 0 Å². The van der Waals surface area contributed by atoms with Crippen LogP contribution in [0.1, 0.15) is 23.7 Å². The van der Waals surface area contributed by atoms with E-state index in [1.807, 2.05) is 6.92 Å². The molecule has 0 amide bonds. The van der Waals surface area contributed by atoms with Crippen molar-refractivity contribution in [1.82, 2.24) is 0 Å². The Balaban J connectivity index is 3.11. The molecule has 88 valence electrons. The molecule has 1 aromatic rings. The van der Waals surface area contributed by atoms with Crippen molar-refractivity contribution < 1.29 is 18.7 Å². The average molecular weight is 227 g/mol. The topological polar surface area (TPSA) is 61.5 Å². The van der Waals surface area contributed by atoms with Gasteiger partial charge in [-0.15, -0.1) is 0 Å². The molecule has 0 aromatic heterocycles. The number of hydrogen-bond donors (Lipinski definition) is 1. The van der Waals surface area contributed by atoms with Crippen LogP contribution in [0.15, 0.2) is 12.1 Å². The summed E-state index contributed by atoms with van der Waals surface area (Å²) in [6.07, 6.45) is 0.776. The SMILES string of the molecule is CCCOc1cc(N)c(F)cc1C(=O)OC. The molecule has 0 unspecified atom stereocenters. The summed E-state index contributed by atoms with van der Waals surface area (Å²) in [5.74, 6) is -1.07. The maximum atomic E-state index is 13.2. The number of esters is 1. The van der Waals surface area contributed by atoms with Gasteiger partial charge < -0.3 is 15.2 Å². The van der Waals surface area contributed by atoms with Crippen LogP contribution in [0.5, 0.6) is 5.75 Å². The minimum Gasteiger partial charge on any atom is -0.493 e. The standard InChI is InChI=1S/C11H14FNO3/c1-3-4-16-10-6-9(13)8(12)5-7(10)11(14)15-2/h5-6H,3-4,13H2,1-2H3. The molecule has 0 aliphatic rings. The number of rotatable bonds is 4. The largest absolute Gasteiger partial charge is 0.493 e. The van der Waals surface area contributed by atoms with Crippen LogP contribution in [-0.2, 0) is 4.74 Å². The zero-order valence-electron chi connectivity index (χ0n) is 9.25. The summed E-state index contributed by atoms with van der Waals surface area (Å²) in [6.45, 7) is 2.35. The van der Waals surface area contributed by atoms with Crippen LogP contribution in [-0.4, -0.2) is 19.7 Å². The third-order valence-corrected chi connectivity index (χ3v) is 1.97. The molecule has 0 saturated heterocycles. The first-order valence-electron chi connectivity index (χ1n) is 4.90. The fourth-order valence-corrected chi connectivity index (χ4v) is 1.17. The van der Waals surface area contributed by atoms with Crippen molar-refractivity contribution in [2.45, 2.75) is 13.3 Å². The minimum atomic E-state index is -0.663. The number of halogens is 1. The van der Waals surface area contributed by atoms with E-state index in [1.165, 1.54) is 13.2 Å². The van der Waals surface area contributed by atoms with Crippen molar-refractivity contribution in [3.8, 4) is 5.75 Å². The van der Waals surface area contributed by atoms with Gasteiger partial charge in [0.05, 0.1) is 19.4 Å². The first-order chi connectivity index (χ1) is 7.60. The Kier molecular flexibility index (Phi) is 4.10. The van der Waals surface area contributed by atoms with Gasteiger partial charge in [-0.1, -0.05) is 6.92 Å². The number of benzene rings is 1. The number of methoxy groups -OCH3 is 1. The number of carbonyl (C=O) groups excluding carboxylic acids is 1. The number of carbonyl (C=O) groups is 1. The Morgan fingerprint density at radius 1 is 1.50 bits per heavy atom. The molecule has 1 rings (SSSR count). The van der Waals surface area contributed by atoms with Crippen molar-refractivity contribution in [3.05, 3.63) is 23.5 Å². The normalized spacial score (nSPS) is 9.94. The fraction of sp³-hybridized carbons (Fsp3) is 0.364. The van der Waals surface area contributed by atoms with Crippen LogP contribution in [0.4, 0.5) is 10.1 Å². The number of ether oxygens (including phenoxy) is 2. The summed E-state index contributed by atoms with van der Waals surface area (Å²) in [5.41, 5.74) is 5.38. The first-order valence-corrected chi connectivity index (χ1v) is 4.90. The van der Waals surface area contributed by atoms with Gasteiger partial charge in [0.1, 0.15) is 17.1 Å². The van der Waals surface area contributed by atoms with Crippen molar-refractivity contribution in [3.63, 3.8) is 0 Å². The number of nitrogen functional groups attached to an aromatic ring is 1. The van der Waals surface area contributed by atoms with E-state index in [9.17, 15) is 9.18 Å². The van der Waals surface area contributed by atoms with Crippen LogP contribution in [0.2, 0.25) is 0 Å². The highest BCUT2D eigenvalue weighted by molar-refractivity contribution is 5.93. The Morgan fingerprint density at radius 2 is 2.19 bits per heavy atom. The molecule has 0 heterocycles. The zero-order chi connectivity index (χ0) is 12.1. The second-order valence-electron chi connectivity index (χ2n) is 3.21. The molecular weight excluding hydrogens is 213 g/mol. The van der Waals surface area contributed by atoms with E-state index in [0.29, 0.717) is 6.61 Å². The van der Waals surface area contributed by atoms with E-state index in [-0.39, 0.29) is 17.0 Å². The Hall–Kier alpha value is -1.78. The van der Waals surface area contributed by atoms with Gasteiger partial charge >= 0.3 is 5.97 Å². The molecule has 5 heteroatoms. The van der Waals surface area contributed by atoms with E-state index in [1.54, 1.807) is 0 Å². The van der Waals surface area contributed by atoms with Crippen LogP contribution < -0.4 is 10.5 Å². The van der Waals surface area contributed by atoms with Crippen molar-refractivity contribution in [2.75, 3.05) is 19.5 Å². The fourth-order valence-electron chi connectivity index (χ4n) is 1.17. The Morgan fingerprint density at radius 3 is 2.75 bits per heavy atom. The summed E-state index contributed by atoms with van der Waals surface area (Å²) in [6, 6.07) is 2.31. The van der Waals surface area contributed by atoms with Gasteiger partial charge in [-0.05, 0) is 12.5 Å². The molecule has 0 radical (unpaired) electrons. The molecule has 0 bridgehead atoms. The highest BCUT2D eigenvalue weighted by atomic mass is 19.1. The highest BCUT2D eigenvalue weighted by Crippen LogP contribution is 2.25. The predicted molar refractivity (Wildman–Crippen MR) is 57.9 cm³/mol. The second-order valence-corrected chi connectivity index (χ2v) is 3.21. The first kappa shape index (κ1) is 12.3. The molecule has 0 aliphatic carbocycles. The van der Waals surface area contributed by atoms with E-state index in [4.69, 9.17) is 10.5 Å². The molecular formula is C11H14FNO3. The van der Waals surface area contributed by atoms with E-state index < -0.39 is 11.8 Å². The van der Waals surface area contributed by atoms with E-state index >= 15 is 0 Å². The Bertz CT molecular complexity index is 393. The van der Waals surface area contributed by atoms with Gasteiger partial charge in [-0.3, -0.25) is 0 Å². The van der Waals surface area contributed by atoms with Crippen LogP contribution >= 0.6 is 0 Å². The Labute approximate surface area is 93.2 Å². The summed E-state index contributed by atoms with van der Waals surface area (Å²) >= 11 is 0. The third-order valence-electron chi connectivity index (χ3n) is 1.97. The second kappa shape index (κ2) is 5.34. The molecule has 0 spiro atoms. The summed E-state index contributed by atoms with van der Waals surface area (Å²) in [5, 5.41) is 0. The lowest BCUT2D eigenvalue weighted by Crippen LogP contribution is -2.08. The maximum Gasteiger partial charge on any atom is 0.341 e. The monoisotopic (exact) mass is 227 g/mol. The molecule has 0 saturated carbocycles. The molecule has 0 atom stereocenters. The maximum absolute atomic E-state index is 13.2. The summed E-state index contributed by atoms with van der Waals surface area (Å²) in [7, 11) is 1.22. The summed E-state index contributed by atoms with van der Waals surface area (Å²) < 4.78 is 23.0. The lowest BCUT2D eigenvalue weighted by atomic mass is 10.1. The number of hydrogen-bond acceptors (Lipinski definition) is 4. The molecule has 2 N–H and O–H groups in total. The van der Waals surface area contributed by atoms with Gasteiger partial charge in [-0.2, -0.15) is 0 Å². The smallest absolute Gasteiger partial charge is 0.341 e. The zero-order valence-corrected chi connectivity index (χ0v) is 9.25. The van der Waals surface area contributed by atoms with Crippen molar-refractivity contribution >= 4 is 11.7 Å². The molecule has 1 aromatic carbocycles. The van der Waals surface area contributed by atoms with Crippen LogP contribution in [0.3, 0.4) is 0 Å². The van der Waals surface area contributed by atoms with E-state index in [2.05, 4.69) is 4.74 Å². The lowest BCUT2D eigenvalue weighted by Gasteiger charge is -2.10. The number of anilines is 1.